The zero-order valence-electron chi connectivity index (χ0n) is 16.0. The molecule has 0 aliphatic carbocycles. The fourth-order valence-corrected chi connectivity index (χ4v) is 4.09. The van der Waals surface area contributed by atoms with Crippen LogP contribution in [-0.2, 0) is 24.4 Å². The lowest BCUT2D eigenvalue weighted by Gasteiger charge is -2.33. The average Bonchev–Trinajstić information content (AvgIpc) is 3.13. The number of likely N-dealkylation sites (tertiary alicyclic amines) is 1. The number of benzene rings is 1. The number of piperidine rings is 1. The summed E-state index contributed by atoms with van der Waals surface area (Å²) in [6, 6.07) is 10.3. The quantitative estimate of drug-likeness (QED) is 0.860. The first kappa shape index (κ1) is 18.1. The van der Waals surface area contributed by atoms with Crippen LogP contribution in [0.5, 0.6) is 0 Å². The highest BCUT2D eigenvalue weighted by molar-refractivity contribution is 5.78. The number of hydrogen-bond donors (Lipinski definition) is 1. The number of carbonyl (C=O) groups is 1. The highest BCUT2D eigenvalue weighted by Gasteiger charge is 2.28. The fraction of sp³-hybridized carbons (Fsp3) is 0.550. The number of rotatable bonds is 5. The number of aromatic nitrogens is 3. The van der Waals surface area contributed by atoms with Crippen LogP contribution in [-0.4, -0.2) is 63.7 Å². The lowest BCUT2D eigenvalue weighted by molar-refractivity contribution is -0.133. The topological polar surface area (TPSA) is 66.3 Å². The molecule has 1 aromatic carbocycles. The average molecular weight is 368 g/mol. The van der Waals surface area contributed by atoms with Gasteiger partial charge in [0.15, 0.2) is 0 Å². The molecule has 7 nitrogen and oxygen atoms in total. The number of nitrogens with zero attached hydrogens (tertiary/aromatic N) is 5. The van der Waals surface area contributed by atoms with Gasteiger partial charge in [-0.05, 0) is 25.5 Å². The van der Waals surface area contributed by atoms with Gasteiger partial charge in [-0.15, -0.1) is 10.2 Å². The van der Waals surface area contributed by atoms with E-state index in [0.717, 1.165) is 63.8 Å². The Bertz CT molecular complexity index is 766. The molecule has 2 aliphatic heterocycles. The molecular weight excluding hydrogens is 340 g/mol. The van der Waals surface area contributed by atoms with E-state index in [1.54, 1.807) is 0 Å². The van der Waals surface area contributed by atoms with Crippen LogP contribution in [0.15, 0.2) is 30.3 Å². The van der Waals surface area contributed by atoms with Crippen LogP contribution in [0.2, 0.25) is 0 Å². The van der Waals surface area contributed by atoms with E-state index in [0.29, 0.717) is 12.5 Å². The number of likely N-dealkylation sites (N-methyl/N-ethyl adjacent to an activating group) is 1. The molecule has 1 aromatic heterocycles. The molecule has 4 rings (SSSR count). The SMILES string of the molecule is CN(CC(=O)N1CCC(c2nnc3n2CCNC3)CC1)Cc1ccccc1. The van der Waals surface area contributed by atoms with Gasteiger partial charge in [0.2, 0.25) is 5.91 Å². The normalized spacial score (nSPS) is 17.9. The molecule has 2 aliphatic rings. The van der Waals surface area contributed by atoms with Crippen molar-refractivity contribution in [3.05, 3.63) is 47.5 Å². The highest BCUT2D eigenvalue weighted by Crippen LogP contribution is 2.27. The Morgan fingerprint density at radius 2 is 1.96 bits per heavy atom. The van der Waals surface area contributed by atoms with E-state index in [1.807, 2.05) is 30.1 Å². The van der Waals surface area contributed by atoms with E-state index in [4.69, 9.17) is 0 Å². The van der Waals surface area contributed by atoms with Gasteiger partial charge in [0.25, 0.3) is 0 Å². The van der Waals surface area contributed by atoms with Crippen LogP contribution >= 0.6 is 0 Å². The van der Waals surface area contributed by atoms with Gasteiger partial charge in [-0.2, -0.15) is 0 Å². The summed E-state index contributed by atoms with van der Waals surface area (Å²) in [5.74, 6) is 2.78. The number of fused-ring (bicyclic) bond motifs is 1. The standard InChI is InChI=1S/C20H28N6O/c1-24(14-16-5-3-2-4-6-16)15-19(27)25-10-7-17(8-11-25)20-23-22-18-13-21-9-12-26(18)20/h2-6,17,21H,7-15H2,1H3. The van der Waals surface area contributed by atoms with E-state index < -0.39 is 0 Å². The van der Waals surface area contributed by atoms with Crippen molar-refractivity contribution in [1.82, 2.24) is 29.9 Å². The second-order valence-corrected chi connectivity index (χ2v) is 7.62. The molecule has 1 saturated heterocycles. The molecule has 27 heavy (non-hydrogen) atoms. The monoisotopic (exact) mass is 368 g/mol. The first-order chi connectivity index (χ1) is 13.2. The third-order valence-corrected chi connectivity index (χ3v) is 5.56. The largest absolute Gasteiger partial charge is 0.342 e. The third-order valence-electron chi connectivity index (χ3n) is 5.56. The molecule has 1 amide bonds. The predicted molar refractivity (Wildman–Crippen MR) is 103 cm³/mol. The minimum atomic E-state index is 0.222. The molecule has 1 fully saturated rings. The summed E-state index contributed by atoms with van der Waals surface area (Å²) in [5, 5.41) is 12.1. The van der Waals surface area contributed by atoms with Gasteiger partial charge >= 0.3 is 0 Å². The Hall–Kier alpha value is -2.25. The van der Waals surface area contributed by atoms with Crippen molar-refractivity contribution in [2.24, 2.45) is 0 Å². The predicted octanol–water partition coefficient (Wildman–Crippen LogP) is 1.22. The summed E-state index contributed by atoms with van der Waals surface area (Å²) in [6.07, 6.45) is 1.94. The minimum absolute atomic E-state index is 0.222. The van der Waals surface area contributed by atoms with Crippen LogP contribution < -0.4 is 5.32 Å². The number of carbonyl (C=O) groups excluding carboxylic acids is 1. The maximum Gasteiger partial charge on any atom is 0.236 e. The maximum absolute atomic E-state index is 12.7. The summed E-state index contributed by atoms with van der Waals surface area (Å²) < 4.78 is 2.27. The lowest BCUT2D eigenvalue weighted by atomic mass is 9.95. The lowest BCUT2D eigenvalue weighted by Crippen LogP contribution is -2.43. The second-order valence-electron chi connectivity index (χ2n) is 7.62. The Morgan fingerprint density at radius 3 is 2.74 bits per heavy atom. The molecule has 0 spiro atoms. The van der Waals surface area contributed by atoms with Crippen molar-refractivity contribution in [3.63, 3.8) is 0 Å². The zero-order valence-corrected chi connectivity index (χ0v) is 16.0. The number of nitrogens with one attached hydrogen (secondary N) is 1. The fourth-order valence-electron chi connectivity index (χ4n) is 4.09. The molecule has 0 unspecified atom stereocenters. The van der Waals surface area contributed by atoms with Crippen LogP contribution in [0.25, 0.3) is 0 Å². The molecule has 144 valence electrons. The first-order valence-electron chi connectivity index (χ1n) is 9.83. The van der Waals surface area contributed by atoms with Gasteiger partial charge in [0, 0.05) is 38.6 Å². The second kappa shape index (κ2) is 8.19. The van der Waals surface area contributed by atoms with Crippen LogP contribution in [0, 0.1) is 0 Å². The maximum atomic E-state index is 12.7. The molecule has 3 heterocycles. The Labute approximate surface area is 160 Å². The van der Waals surface area contributed by atoms with Gasteiger partial charge in [0.05, 0.1) is 13.1 Å². The van der Waals surface area contributed by atoms with Crippen LogP contribution in [0.4, 0.5) is 0 Å². The number of hydrogen-bond acceptors (Lipinski definition) is 5. The summed E-state index contributed by atoms with van der Waals surface area (Å²) >= 11 is 0. The molecule has 0 atom stereocenters. The van der Waals surface area contributed by atoms with Gasteiger partial charge in [0.1, 0.15) is 11.6 Å². The van der Waals surface area contributed by atoms with Crippen molar-refractivity contribution < 1.29 is 4.79 Å². The molecule has 0 radical (unpaired) electrons. The smallest absolute Gasteiger partial charge is 0.236 e. The summed E-state index contributed by atoms with van der Waals surface area (Å²) in [5.41, 5.74) is 1.23. The van der Waals surface area contributed by atoms with Gasteiger partial charge < -0.3 is 14.8 Å². The summed E-state index contributed by atoms with van der Waals surface area (Å²) in [6.45, 7) is 5.60. The molecule has 0 saturated carbocycles. The first-order valence-corrected chi connectivity index (χ1v) is 9.83. The van der Waals surface area contributed by atoms with E-state index in [1.165, 1.54) is 5.56 Å². The van der Waals surface area contributed by atoms with Gasteiger partial charge in [-0.1, -0.05) is 30.3 Å². The van der Waals surface area contributed by atoms with E-state index in [2.05, 4.69) is 37.1 Å². The molecule has 7 heteroatoms. The van der Waals surface area contributed by atoms with Crippen molar-refractivity contribution >= 4 is 5.91 Å². The third kappa shape index (κ3) is 4.20. The van der Waals surface area contributed by atoms with E-state index in [9.17, 15) is 4.79 Å². The van der Waals surface area contributed by atoms with E-state index in [-0.39, 0.29) is 5.91 Å². The molecule has 0 bridgehead atoms. The van der Waals surface area contributed by atoms with E-state index >= 15 is 0 Å². The highest BCUT2D eigenvalue weighted by atomic mass is 16.2. The Balaban J connectivity index is 1.28. The molecular formula is C20H28N6O. The zero-order chi connectivity index (χ0) is 18.6. The number of amides is 1. The minimum Gasteiger partial charge on any atom is -0.342 e. The van der Waals surface area contributed by atoms with Gasteiger partial charge in [-0.25, -0.2) is 0 Å². The van der Waals surface area contributed by atoms with Crippen molar-refractivity contribution in [2.75, 3.05) is 33.2 Å². The summed E-state index contributed by atoms with van der Waals surface area (Å²) in [7, 11) is 2.01. The molecule has 1 N–H and O–H groups in total. The van der Waals surface area contributed by atoms with Gasteiger partial charge in [-0.3, -0.25) is 9.69 Å². The van der Waals surface area contributed by atoms with Crippen molar-refractivity contribution in [1.29, 1.82) is 0 Å². The van der Waals surface area contributed by atoms with Crippen molar-refractivity contribution in [2.45, 2.75) is 38.4 Å². The Kier molecular flexibility index (Phi) is 5.50. The van der Waals surface area contributed by atoms with Crippen LogP contribution in [0.1, 0.15) is 36.0 Å². The van der Waals surface area contributed by atoms with Crippen LogP contribution in [0.3, 0.4) is 0 Å². The van der Waals surface area contributed by atoms with Crippen molar-refractivity contribution in [3.8, 4) is 0 Å². The molecule has 2 aromatic rings. The Morgan fingerprint density at radius 1 is 1.19 bits per heavy atom. The summed E-state index contributed by atoms with van der Waals surface area (Å²) in [4.78, 5) is 16.8.